The van der Waals surface area contributed by atoms with Crippen LogP contribution in [0, 0.1) is 0 Å². The number of halogens is 4. The maximum absolute atomic E-state index is 12.4. The zero-order valence-corrected chi connectivity index (χ0v) is 26.3. The monoisotopic (exact) mass is 725 g/mol. The number of methoxy groups -OCH3 is 1. The van der Waals surface area contributed by atoms with Crippen LogP contribution >= 0.6 is 27.3 Å². The van der Waals surface area contributed by atoms with Gasteiger partial charge in [-0.05, 0) is 53.9 Å². The Balaban J connectivity index is 0.000000515. The van der Waals surface area contributed by atoms with Crippen LogP contribution < -0.4 is 14.8 Å². The number of hydrogen-bond acceptors (Lipinski definition) is 9. The number of sulfonamides is 1. The summed E-state index contributed by atoms with van der Waals surface area (Å²) in [6.45, 7) is 0. The van der Waals surface area contributed by atoms with Crippen LogP contribution in [0.3, 0.4) is 0 Å². The Bertz CT molecular complexity index is 1980. The molecule has 1 aliphatic rings. The Kier molecular flexibility index (Phi) is 9.04. The van der Waals surface area contributed by atoms with Crippen LogP contribution in [0.2, 0.25) is 0 Å². The van der Waals surface area contributed by atoms with E-state index in [0.717, 1.165) is 43.5 Å². The van der Waals surface area contributed by atoms with Crippen molar-refractivity contribution in [1.82, 2.24) is 19.7 Å². The van der Waals surface area contributed by atoms with E-state index in [1.165, 1.54) is 11.3 Å². The molecule has 3 aromatic carbocycles. The van der Waals surface area contributed by atoms with Crippen molar-refractivity contribution in [2.24, 2.45) is 0 Å². The fourth-order valence-electron chi connectivity index (χ4n) is 4.62. The summed E-state index contributed by atoms with van der Waals surface area (Å²) in [6, 6.07) is 18.9. The minimum atomic E-state index is -5.08. The molecule has 236 valence electrons. The highest BCUT2D eigenvalue weighted by Gasteiger charge is 2.39. The molecule has 4 N–H and O–H groups in total. The maximum Gasteiger partial charge on any atom is 0.490 e. The predicted molar refractivity (Wildman–Crippen MR) is 165 cm³/mol. The number of H-pyrrole nitrogens is 1. The van der Waals surface area contributed by atoms with Crippen molar-refractivity contribution in [2.45, 2.75) is 30.3 Å². The van der Waals surface area contributed by atoms with Gasteiger partial charge in [0.25, 0.3) is 0 Å². The van der Waals surface area contributed by atoms with E-state index in [1.807, 2.05) is 54.6 Å². The molecule has 1 amide bonds. The summed E-state index contributed by atoms with van der Waals surface area (Å²) in [5, 5.41) is 10.5. The van der Waals surface area contributed by atoms with E-state index in [-0.39, 0.29) is 12.5 Å². The number of ether oxygens (including phenoxy) is 1. The highest BCUT2D eigenvalue weighted by molar-refractivity contribution is 9.10. The number of thiazole rings is 1. The number of alkyl halides is 3. The lowest BCUT2D eigenvalue weighted by atomic mass is 10.0. The summed E-state index contributed by atoms with van der Waals surface area (Å²) in [6.07, 6.45) is -4.63. The van der Waals surface area contributed by atoms with Gasteiger partial charge in [-0.15, -0.1) is 0 Å². The van der Waals surface area contributed by atoms with Crippen LogP contribution in [-0.4, -0.2) is 53.6 Å². The number of nitrogens with one attached hydrogen (secondary N) is 3. The molecule has 0 saturated carbocycles. The number of anilines is 1. The summed E-state index contributed by atoms with van der Waals surface area (Å²) in [7, 11) is -2.10. The third-order valence-corrected chi connectivity index (χ3v) is 10.0. The number of benzene rings is 3. The van der Waals surface area contributed by atoms with Gasteiger partial charge in [-0.25, -0.2) is 23.2 Å². The zero-order chi connectivity index (χ0) is 32.5. The van der Waals surface area contributed by atoms with Gasteiger partial charge in [-0.2, -0.15) is 13.2 Å². The Hall–Kier alpha value is -4.22. The molecule has 17 heteroatoms. The van der Waals surface area contributed by atoms with Gasteiger partial charge in [0.15, 0.2) is 5.13 Å². The van der Waals surface area contributed by atoms with Crippen molar-refractivity contribution in [2.75, 3.05) is 12.4 Å². The van der Waals surface area contributed by atoms with E-state index in [0.29, 0.717) is 16.5 Å². The summed E-state index contributed by atoms with van der Waals surface area (Å²) in [5.74, 6) is -1.72. The number of para-hydroxylation sites is 2. The lowest BCUT2D eigenvalue weighted by molar-refractivity contribution is -0.192. The van der Waals surface area contributed by atoms with Crippen LogP contribution in [0.5, 0.6) is 5.75 Å². The highest BCUT2D eigenvalue weighted by atomic mass is 79.9. The van der Waals surface area contributed by atoms with E-state index in [4.69, 9.17) is 24.6 Å². The minimum Gasteiger partial charge on any atom is -0.497 e. The molecule has 3 heterocycles. The largest absolute Gasteiger partial charge is 0.497 e. The van der Waals surface area contributed by atoms with E-state index in [2.05, 4.69) is 31.0 Å². The average Bonchev–Trinajstić information content (AvgIpc) is 3.65. The molecule has 2 aromatic heterocycles. The van der Waals surface area contributed by atoms with Gasteiger partial charge in [0, 0.05) is 4.47 Å². The molecule has 1 fully saturated rings. The molecule has 6 rings (SSSR count). The molecule has 0 bridgehead atoms. The summed E-state index contributed by atoms with van der Waals surface area (Å²) in [5.41, 5.74) is 4.18. The van der Waals surface area contributed by atoms with Crippen LogP contribution in [0.15, 0.2) is 65.1 Å². The van der Waals surface area contributed by atoms with Gasteiger partial charge in [-0.1, -0.05) is 51.5 Å². The summed E-state index contributed by atoms with van der Waals surface area (Å²) < 4.78 is 65.6. The second kappa shape index (κ2) is 12.6. The quantitative estimate of drug-likeness (QED) is 0.161. The Labute approximate surface area is 266 Å². The normalized spacial score (nSPS) is 16.6. The van der Waals surface area contributed by atoms with E-state index < -0.39 is 33.3 Å². The Morgan fingerprint density at radius 2 is 1.89 bits per heavy atom. The Morgan fingerprint density at radius 3 is 2.51 bits per heavy atom. The molecule has 11 nitrogen and oxygen atoms in total. The standard InChI is InChI=1S/C26H22BrN5O4S2.C2HF3O2/c1-36-15-7-9-20-22(12-15)37-26(30-20)31-21(25-28-18-4-2-3-5-19(18)29-25)11-14-6-8-16(17(27)10-14)23-13-24(33)32-38(23,34)35;3-2(4,5)1(6)7/h2-10,12,21,23H,11,13H2,1H3,(H,28,29)(H,30,31)(H,32,33);(H,6,7)/t21-,23?;/m0./s1. The third-order valence-electron chi connectivity index (χ3n) is 6.73. The lowest BCUT2D eigenvalue weighted by Crippen LogP contribution is -2.21. The zero-order valence-electron chi connectivity index (χ0n) is 23.1. The van der Waals surface area contributed by atoms with Crippen LogP contribution in [-0.2, 0) is 26.0 Å². The first-order valence-corrected chi connectivity index (χ1v) is 16.2. The number of carboxylic acids is 1. The van der Waals surface area contributed by atoms with Crippen molar-refractivity contribution in [3.63, 3.8) is 0 Å². The van der Waals surface area contributed by atoms with Crippen LogP contribution in [0.4, 0.5) is 18.3 Å². The van der Waals surface area contributed by atoms with Gasteiger partial charge >= 0.3 is 12.1 Å². The molecule has 0 spiro atoms. The number of aromatic nitrogens is 3. The number of fused-ring (bicyclic) bond motifs is 2. The van der Waals surface area contributed by atoms with Crippen molar-refractivity contribution >= 4 is 75.5 Å². The summed E-state index contributed by atoms with van der Waals surface area (Å²) >= 11 is 5.07. The fourth-order valence-corrected chi connectivity index (χ4v) is 7.87. The first kappa shape index (κ1) is 32.2. The number of aromatic amines is 1. The first-order valence-electron chi connectivity index (χ1n) is 13.0. The van der Waals surface area contributed by atoms with Crippen molar-refractivity contribution < 1.29 is 41.0 Å². The molecule has 1 aliphatic heterocycles. The Morgan fingerprint density at radius 1 is 1.16 bits per heavy atom. The predicted octanol–water partition coefficient (Wildman–Crippen LogP) is 5.86. The van der Waals surface area contributed by atoms with Gasteiger partial charge < -0.3 is 20.1 Å². The second-order valence-corrected chi connectivity index (χ2v) is 13.6. The molecular weight excluding hydrogens is 703 g/mol. The molecule has 5 aromatic rings. The fraction of sp³-hybridized carbons (Fsp3) is 0.214. The van der Waals surface area contributed by atoms with E-state index in [9.17, 15) is 26.4 Å². The molecule has 0 aliphatic carbocycles. The van der Waals surface area contributed by atoms with Gasteiger partial charge in [0.05, 0.1) is 40.8 Å². The van der Waals surface area contributed by atoms with E-state index in [1.54, 1.807) is 13.2 Å². The number of rotatable bonds is 7. The molecule has 1 saturated heterocycles. The molecule has 2 atom stereocenters. The highest BCUT2D eigenvalue weighted by Crippen LogP contribution is 2.37. The molecule has 1 unspecified atom stereocenters. The van der Waals surface area contributed by atoms with Crippen molar-refractivity contribution in [1.29, 1.82) is 0 Å². The first-order chi connectivity index (χ1) is 21.2. The average molecular weight is 727 g/mol. The van der Waals surface area contributed by atoms with Gasteiger partial charge in [-0.3, -0.25) is 9.52 Å². The number of imidazole rings is 1. The number of nitrogens with zero attached hydrogens (tertiary/aromatic N) is 2. The molecule has 45 heavy (non-hydrogen) atoms. The third kappa shape index (κ3) is 7.37. The van der Waals surface area contributed by atoms with Crippen molar-refractivity contribution in [3.8, 4) is 5.75 Å². The number of aliphatic carboxylic acids is 1. The lowest BCUT2D eigenvalue weighted by Gasteiger charge is -2.18. The topological polar surface area (TPSA) is 163 Å². The van der Waals surface area contributed by atoms with E-state index >= 15 is 0 Å². The summed E-state index contributed by atoms with van der Waals surface area (Å²) in [4.78, 5) is 33.6. The van der Waals surface area contributed by atoms with Gasteiger partial charge in [0.2, 0.25) is 15.9 Å². The number of amides is 1. The molecular formula is C28H23BrF3N5O6S2. The van der Waals surface area contributed by atoms with Gasteiger partial charge in [0.1, 0.15) is 16.8 Å². The maximum atomic E-state index is 12.4. The number of hydrogen-bond donors (Lipinski definition) is 4. The van der Waals surface area contributed by atoms with Crippen LogP contribution in [0.25, 0.3) is 21.3 Å². The molecule has 0 radical (unpaired) electrons. The SMILES string of the molecule is COc1ccc2nc(N[C@@H](Cc3ccc(C4CC(=O)NS4(=O)=O)c(Br)c3)c3nc4ccccc4[nH]3)sc2c1.O=C(O)C(F)(F)F. The number of carboxylic acid groups (broad SMARTS) is 1. The number of carbonyl (C=O) groups excluding carboxylic acids is 1. The minimum absolute atomic E-state index is 0.0914. The number of carbonyl (C=O) groups is 2. The second-order valence-electron chi connectivity index (χ2n) is 9.81. The van der Waals surface area contributed by atoms with Crippen LogP contribution in [0.1, 0.15) is 34.7 Å². The van der Waals surface area contributed by atoms with Crippen molar-refractivity contribution in [3.05, 3.63) is 82.1 Å². The smallest absolute Gasteiger partial charge is 0.490 e.